The zero-order valence-corrected chi connectivity index (χ0v) is 14.5. The number of anilines is 2. The van der Waals surface area contributed by atoms with Crippen LogP contribution in [0, 0.1) is 11.2 Å². The summed E-state index contributed by atoms with van der Waals surface area (Å²) in [4.78, 5) is 27.3. The summed E-state index contributed by atoms with van der Waals surface area (Å²) in [6.45, 7) is 2.35. The number of nitrogens with zero attached hydrogens (tertiary/aromatic N) is 1. The zero-order chi connectivity index (χ0) is 18.0. The van der Waals surface area contributed by atoms with Crippen LogP contribution in [0.2, 0.25) is 5.02 Å². The van der Waals surface area contributed by atoms with E-state index >= 15 is 0 Å². The van der Waals surface area contributed by atoms with Crippen molar-refractivity contribution in [3.05, 3.63) is 59.4 Å². The number of halogens is 2. The van der Waals surface area contributed by atoms with E-state index in [2.05, 4.69) is 5.32 Å². The Hall–Kier alpha value is -2.40. The molecule has 1 saturated carbocycles. The first-order chi connectivity index (χ1) is 12.0. The van der Waals surface area contributed by atoms with Gasteiger partial charge in [0.25, 0.3) is 0 Å². The van der Waals surface area contributed by atoms with Crippen LogP contribution in [0.25, 0.3) is 0 Å². The van der Waals surface area contributed by atoms with Crippen LogP contribution >= 0.6 is 11.6 Å². The maximum Gasteiger partial charge on any atom is 0.242 e. The summed E-state index contributed by atoms with van der Waals surface area (Å²) in [5.74, 6) is -1.15. The minimum atomic E-state index is -1.06. The molecule has 2 aromatic rings. The number of para-hydroxylation sites is 1. The summed E-state index contributed by atoms with van der Waals surface area (Å²) < 4.78 is 13.2. The number of carbonyl (C=O) groups excluding carboxylic acids is 2. The van der Waals surface area contributed by atoms with Crippen molar-refractivity contribution in [2.75, 3.05) is 16.8 Å². The van der Waals surface area contributed by atoms with E-state index in [1.54, 1.807) is 4.90 Å². The molecule has 130 valence electrons. The zero-order valence-electron chi connectivity index (χ0n) is 13.8. The van der Waals surface area contributed by atoms with Crippen LogP contribution in [0.4, 0.5) is 15.8 Å². The largest absolute Gasteiger partial charge is 0.325 e. The summed E-state index contributed by atoms with van der Waals surface area (Å²) in [6.07, 6.45) is 0.992. The molecule has 1 fully saturated rings. The van der Waals surface area contributed by atoms with Crippen LogP contribution in [-0.4, -0.2) is 18.4 Å². The lowest BCUT2D eigenvalue weighted by Crippen LogP contribution is -2.43. The lowest BCUT2D eigenvalue weighted by atomic mass is 10.0. The van der Waals surface area contributed by atoms with E-state index in [1.807, 2.05) is 37.3 Å². The monoisotopic (exact) mass is 360 g/mol. The Morgan fingerprint density at radius 1 is 1.20 bits per heavy atom. The van der Waals surface area contributed by atoms with E-state index < -0.39 is 11.2 Å². The summed E-state index contributed by atoms with van der Waals surface area (Å²) in [5.41, 5.74) is 0.0735. The highest BCUT2D eigenvalue weighted by molar-refractivity contribution is 6.31. The van der Waals surface area contributed by atoms with Crippen molar-refractivity contribution in [2.24, 2.45) is 5.41 Å². The number of rotatable bonds is 5. The average molecular weight is 361 g/mol. The Labute approximate surface area is 150 Å². The first-order valence-electron chi connectivity index (χ1n) is 8.11. The highest BCUT2D eigenvalue weighted by atomic mass is 35.5. The number of benzene rings is 2. The van der Waals surface area contributed by atoms with Crippen LogP contribution in [0.15, 0.2) is 48.5 Å². The van der Waals surface area contributed by atoms with Crippen LogP contribution in [-0.2, 0) is 9.59 Å². The second kappa shape index (κ2) is 6.84. The van der Waals surface area contributed by atoms with Gasteiger partial charge in [0.1, 0.15) is 11.2 Å². The SMILES string of the molecule is CCN(C(=O)C1(C(=O)Nc2ccc(F)c(Cl)c2)CC1)c1ccccc1. The minimum Gasteiger partial charge on any atom is -0.325 e. The van der Waals surface area contributed by atoms with Gasteiger partial charge >= 0.3 is 0 Å². The van der Waals surface area contributed by atoms with Gasteiger partial charge < -0.3 is 10.2 Å². The maximum absolute atomic E-state index is 13.2. The third-order valence-electron chi connectivity index (χ3n) is 4.40. The van der Waals surface area contributed by atoms with Gasteiger partial charge in [-0.05, 0) is 50.1 Å². The third-order valence-corrected chi connectivity index (χ3v) is 4.69. The molecular formula is C19H18ClFN2O2. The molecule has 1 N–H and O–H groups in total. The van der Waals surface area contributed by atoms with Gasteiger partial charge in [0.15, 0.2) is 0 Å². The predicted molar refractivity (Wildman–Crippen MR) is 96.2 cm³/mol. The standard InChI is InChI=1S/C19H18ClFN2O2/c1-2-23(14-6-4-3-5-7-14)18(25)19(10-11-19)17(24)22-13-8-9-16(21)15(20)12-13/h3-9,12H,2,10-11H2,1H3,(H,22,24). The number of hydrogen-bond donors (Lipinski definition) is 1. The van der Waals surface area contributed by atoms with E-state index in [0.29, 0.717) is 25.1 Å². The molecule has 0 unspecified atom stereocenters. The first-order valence-corrected chi connectivity index (χ1v) is 8.49. The van der Waals surface area contributed by atoms with Gasteiger partial charge in [-0.25, -0.2) is 4.39 Å². The molecule has 0 saturated heterocycles. The first kappa shape index (κ1) is 17.4. The molecule has 1 aliphatic rings. The number of nitrogens with one attached hydrogen (secondary N) is 1. The normalized spacial score (nSPS) is 14.7. The van der Waals surface area contributed by atoms with E-state index in [9.17, 15) is 14.0 Å². The Morgan fingerprint density at radius 2 is 1.88 bits per heavy atom. The third kappa shape index (κ3) is 3.37. The van der Waals surface area contributed by atoms with Gasteiger partial charge in [-0.1, -0.05) is 29.8 Å². The molecule has 0 heterocycles. The van der Waals surface area contributed by atoms with Crippen molar-refractivity contribution in [3.8, 4) is 0 Å². The van der Waals surface area contributed by atoms with Crippen molar-refractivity contribution in [2.45, 2.75) is 19.8 Å². The molecular weight excluding hydrogens is 343 g/mol. The van der Waals surface area contributed by atoms with Gasteiger partial charge in [-0.15, -0.1) is 0 Å². The van der Waals surface area contributed by atoms with Crippen molar-refractivity contribution in [1.82, 2.24) is 0 Å². The van der Waals surface area contributed by atoms with Gasteiger partial charge in [0.05, 0.1) is 5.02 Å². The number of amides is 2. The number of carbonyl (C=O) groups is 2. The topological polar surface area (TPSA) is 49.4 Å². The van der Waals surface area contributed by atoms with Gasteiger partial charge in [-0.3, -0.25) is 9.59 Å². The molecule has 0 bridgehead atoms. The van der Waals surface area contributed by atoms with Crippen molar-refractivity contribution in [1.29, 1.82) is 0 Å². The Bertz CT molecular complexity index is 806. The number of hydrogen-bond acceptors (Lipinski definition) is 2. The van der Waals surface area contributed by atoms with E-state index in [1.165, 1.54) is 18.2 Å². The molecule has 4 nitrogen and oxygen atoms in total. The second-order valence-corrected chi connectivity index (χ2v) is 6.46. The fraction of sp³-hybridized carbons (Fsp3) is 0.263. The molecule has 2 aromatic carbocycles. The summed E-state index contributed by atoms with van der Waals surface area (Å²) in [7, 11) is 0. The van der Waals surface area contributed by atoms with Gasteiger partial charge in [-0.2, -0.15) is 0 Å². The summed E-state index contributed by atoms with van der Waals surface area (Å²) in [6, 6.07) is 13.2. The van der Waals surface area contributed by atoms with E-state index in [-0.39, 0.29) is 16.8 Å². The van der Waals surface area contributed by atoms with E-state index in [0.717, 1.165) is 5.69 Å². The van der Waals surface area contributed by atoms with Crippen molar-refractivity contribution < 1.29 is 14.0 Å². The Morgan fingerprint density at radius 3 is 2.44 bits per heavy atom. The molecule has 2 amide bonds. The predicted octanol–water partition coefficient (Wildman–Crippen LogP) is 4.25. The lowest BCUT2D eigenvalue weighted by Gasteiger charge is -2.26. The fourth-order valence-corrected chi connectivity index (χ4v) is 2.98. The van der Waals surface area contributed by atoms with Gasteiger partial charge in [0.2, 0.25) is 11.8 Å². The van der Waals surface area contributed by atoms with Crippen molar-refractivity contribution in [3.63, 3.8) is 0 Å². The average Bonchev–Trinajstić information content (AvgIpc) is 3.42. The summed E-state index contributed by atoms with van der Waals surface area (Å²) in [5, 5.41) is 2.61. The van der Waals surface area contributed by atoms with Crippen LogP contribution in [0.3, 0.4) is 0 Å². The molecule has 3 rings (SSSR count). The second-order valence-electron chi connectivity index (χ2n) is 6.05. The fourth-order valence-electron chi connectivity index (χ4n) is 2.80. The molecule has 0 radical (unpaired) electrons. The molecule has 6 heteroatoms. The van der Waals surface area contributed by atoms with Crippen LogP contribution in [0.1, 0.15) is 19.8 Å². The van der Waals surface area contributed by atoms with Gasteiger partial charge in [0, 0.05) is 17.9 Å². The van der Waals surface area contributed by atoms with Crippen molar-refractivity contribution >= 4 is 34.8 Å². The summed E-state index contributed by atoms with van der Waals surface area (Å²) >= 11 is 5.74. The van der Waals surface area contributed by atoms with E-state index in [4.69, 9.17) is 11.6 Å². The minimum absolute atomic E-state index is 0.0755. The Kier molecular flexibility index (Phi) is 4.77. The highest BCUT2D eigenvalue weighted by Gasteiger charge is 2.58. The Balaban J connectivity index is 1.79. The molecule has 0 aromatic heterocycles. The molecule has 0 aliphatic heterocycles. The van der Waals surface area contributed by atoms with Crippen LogP contribution in [0.5, 0.6) is 0 Å². The smallest absolute Gasteiger partial charge is 0.242 e. The quantitative estimate of drug-likeness (QED) is 0.810. The molecule has 0 atom stereocenters. The van der Waals surface area contributed by atoms with Crippen LogP contribution < -0.4 is 10.2 Å². The molecule has 1 aliphatic carbocycles. The lowest BCUT2D eigenvalue weighted by molar-refractivity contribution is -0.132. The molecule has 25 heavy (non-hydrogen) atoms. The molecule has 0 spiro atoms. The highest BCUT2D eigenvalue weighted by Crippen LogP contribution is 2.48. The maximum atomic E-state index is 13.2.